The van der Waals surface area contributed by atoms with E-state index in [1.54, 1.807) is 0 Å². The first-order valence-electron chi connectivity index (χ1n) is 7.97. The van der Waals surface area contributed by atoms with Crippen molar-refractivity contribution in [1.29, 1.82) is 0 Å². The van der Waals surface area contributed by atoms with Gasteiger partial charge in [0.25, 0.3) is 0 Å². The fourth-order valence-electron chi connectivity index (χ4n) is 3.58. The molecule has 0 spiro atoms. The summed E-state index contributed by atoms with van der Waals surface area (Å²) < 4.78 is 0. The van der Waals surface area contributed by atoms with E-state index in [-0.39, 0.29) is 11.9 Å². The molecule has 2 N–H and O–H groups in total. The molecule has 2 aliphatic rings. The molecule has 1 saturated carbocycles. The quantitative estimate of drug-likeness (QED) is 0.905. The summed E-state index contributed by atoms with van der Waals surface area (Å²) in [5.74, 6) is 0.603. The summed E-state index contributed by atoms with van der Waals surface area (Å²) in [7, 11) is 2.11. The number of para-hydroxylation sites is 1. The van der Waals surface area contributed by atoms with Gasteiger partial charge in [-0.15, -0.1) is 0 Å². The number of amides is 1. The molecule has 4 heteroatoms. The molecule has 114 valence electrons. The van der Waals surface area contributed by atoms with E-state index in [1.165, 1.54) is 12.0 Å². The predicted molar refractivity (Wildman–Crippen MR) is 85.1 cm³/mol. The van der Waals surface area contributed by atoms with Crippen LogP contribution < -0.4 is 10.6 Å². The molecule has 0 aromatic heterocycles. The molecule has 1 heterocycles. The van der Waals surface area contributed by atoms with Gasteiger partial charge in [-0.2, -0.15) is 0 Å². The Labute approximate surface area is 126 Å². The molecule has 0 bridgehead atoms. The summed E-state index contributed by atoms with van der Waals surface area (Å²) >= 11 is 0. The highest BCUT2D eigenvalue weighted by molar-refractivity contribution is 5.94. The average molecular weight is 287 g/mol. The zero-order valence-corrected chi connectivity index (χ0v) is 12.8. The standard InChI is InChI=1S/C17H25N3O/c1-19-9-10-20(16-8-3-2-5-14(16)12-19)17(21)11-13-6-4-7-15(13)18/h2-3,5,8,13,15H,4,6-7,9-12,18H2,1H3/t13-,15+/m0/s1. The maximum atomic E-state index is 12.8. The third kappa shape index (κ3) is 3.11. The SMILES string of the molecule is CN1CCN(C(=O)C[C@@H]2CCC[C@H]2N)c2ccccc2C1. The Kier molecular flexibility index (Phi) is 4.27. The van der Waals surface area contributed by atoms with Crippen molar-refractivity contribution in [2.75, 3.05) is 25.0 Å². The first kappa shape index (κ1) is 14.5. The highest BCUT2D eigenvalue weighted by atomic mass is 16.2. The fraction of sp³-hybridized carbons (Fsp3) is 0.588. The third-order valence-corrected chi connectivity index (χ3v) is 4.88. The molecule has 3 rings (SSSR count). The second kappa shape index (κ2) is 6.16. The summed E-state index contributed by atoms with van der Waals surface area (Å²) in [6.45, 7) is 2.59. The zero-order valence-electron chi connectivity index (χ0n) is 12.8. The van der Waals surface area contributed by atoms with Gasteiger partial charge in [-0.1, -0.05) is 24.6 Å². The molecule has 1 aliphatic carbocycles. The van der Waals surface area contributed by atoms with Crippen molar-refractivity contribution >= 4 is 11.6 Å². The van der Waals surface area contributed by atoms with Gasteiger partial charge in [0, 0.05) is 37.8 Å². The molecule has 2 atom stereocenters. The summed E-state index contributed by atoms with van der Waals surface area (Å²) in [4.78, 5) is 17.0. The summed E-state index contributed by atoms with van der Waals surface area (Å²) in [5, 5.41) is 0. The number of carbonyl (C=O) groups excluding carboxylic acids is 1. The lowest BCUT2D eigenvalue weighted by Crippen LogP contribution is -2.38. The fourth-order valence-corrected chi connectivity index (χ4v) is 3.58. The van der Waals surface area contributed by atoms with Gasteiger partial charge in [0.1, 0.15) is 0 Å². The van der Waals surface area contributed by atoms with Crippen LogP contribution in [0.15, 0.2) is 24.3 Å². The van der Waals surface area contributed by atoms with Crippen LogP contribution in [0.5, 0.6) is 0 Å². The van der Waals surface area contributed by atoms with Gasteiger partial charge in [0.05, 0.1) is 0 Å². The van der Waals surface area contributed by atoms with Crippen molar-refractivity contribution in [2.24, 2.45) is 11.7 Å². The Morgan fingerprint density at radius 1 is 1.29 bits per heavy atom. The number of hydrogen-bond donors (Lipinski definition) is 1. The maximum Gasteiger partial charge on any atom is 0.227 e. The number of likely N-dealkylation sites (N-methyl/N-ethyl adjacent to an activating group) is 1. The van der Waals surface area contributed by atoms with Gasteiger partial charge >= 0.3 is 0 Å². The molecular formula is C17H25N3O. The molecule has 4 nitrogen and oxygen atoms in total. The normalized spacial score (nSPS) is 26.5. The van der Waals surface area contributed by atoms with E-state index in [1.807, 2.05) is 17.0 Å². The first-order chi connectivity index (χ1) is 10.1. The summed E-state index contributed by atoms with van der Waals surface area (Å²) in [6, 6.07) is 8.47. The highest BCUT2D eigenvalue weighted by Crippen LogP contribution is 2.30. The largest absolute Gasteiger partial charge is 0.327 e. The van der Waals surface area contributed by atoms with Crippen LogP contribution in [0.1, 0.15) is 31.2 Å². The van der Waals surface area contributed by atoms with Crippen LogP contribution in [0.4, 0.5) is 5.69 Å². The monoisotopic (exact) mass is 287 g/mol. The minimum atomic E-state index is 0.207. The number of anilines is 1. The van der Waals surface area contributed by atoms with Crippen molar-refractivity contribution in [3.05, 3.63) is 29.8 Å². The number of fused-ring (bicyclic) bond motifs is 1. The Morgan fingerprint density at radius 2 is 2.10 bits per heavy atom. The van der Waals surface area contributed by atoms with Crippen LogP contribution in [0.2, 0.25) is 0 Å². The number of carbonyl (C=O) groups is 1. The second-order valence-corrected chi connectivity index (χ2v) is 6.47. The lowest BCUT2D eigenvalue weighted by Gasteiger charge is -2.25. The summed E-state index contributed by atoms with van der Waals surface area (Å²) in [5.41, 5.74) is 8.44. The van der Waals surface area contributed by atoms with Gasteiger partial charge in [0.2, 0.25) is 5.91 Å². The van der Waals surface area contributed by atoms with Crippen LogP contribution in [0.25, 0.3) is 0 Å². The Hall–Kier alpha value is -1.39. The first-order valence-corrected chi connectivity index (χ1v) is 7.97. The molecule has 0 unspecified atom stereocenters. The van der Waals surface area contributed by atoms with Gasteiger partial charge in [-0.25, -0.2) is 0 Å². The van der Waals surface area contributed by atoms with Crippen LogP contribution in [0.3, 0.4) is 0 Å². The lowest BCUT2D eigenvalue weighted by atomic mass is 9.99. The van der Waals surface area contributed by atoms with Crippen molar-refractivity contribution in [3.8, 4) is 0 Å². The highest BCUT2D eigenvalue weighted by Gasteiger charge is 2.29. The van der Waals surface area contributed by atoms with Crippen molar-refractivity contribution in [3.63, 3.8) is 0 Å². The van der Waals surface area contributed by atoms with E-state index < -0.39 is 0 Å². The summed E-state index contributed by atoms with van der Waals surface area (Å²) in [6.07, 6.45) is 3.93. The molecule has 1 amide bonds. The minimum Gasteiger partial charge on any atom is -0.327 e. The van der Waals surface area contributed by atoms with Crippen molar-refractivity contribution in [2.45, 2.75) is 38.3 Å². The molecular weight excluding hydrogens is 262 g/mol. The van der Waals surface area contributed by atoms with Gasteiger partial charge in [-0.05, 0) is 37.4 Å². The van der Waals surface area contributed by atoms with Gasteiger partial charge in [0.15, 0.2) is 0 Å². The Balaban J connectivity index is 1.79. The van der Waals surface area contributed by atoms with E-state index in [0.717, 1.165) is 38.2 Å². The molecule has 1 aromatic rings. The van der Waals surface area contributed by atoms with E-state index in [4.69, 9.17) is 5.73 Å². The third-order valence-electron chi connectivity index (χ3n) is 4.88. The molecule has 1 fully saturated rings. The number of nitrogens with two attached hydrogens (primary N) is 1. The number of nitrogens with zero attached hydrogens (tertiary/aromatic N) is 2. The molecule has 0 radical (unpaired) electrons. The van der Waals surface area contributed by atoms with E-state index in [2.05, 4.69) is 24.1 Å². The minimum absolute atomic E-state index is 0.207. The topological polar surface area (TPSA) is 49.6 Å². The smallest absolute Gasteiger partial charge is 0.227 e. The van der Waals surface area contributed by atoms with Crippen LogP contribution in [0, 0.1) is 5.92 Å². The van der Waals surface area contributed by atoms with E-state index in [9.17, 15) is 4.79 Å². The molecule has 1 aromatic carbocycles. The maximum absolute atomic E-state index is 12.8. The van der Waals surface area contributed by atoms with Crippen molar-refractivity contribution in [1.82, 2.24) is 4.90 Å². The average Bonchev–Trinajstić information content (AvgIpc) is 2.78. The second-order valence-electron chi connectivity index (χ2n) is 6.47. The Morgan fingerprint density at radius 3 is 2.86 bits per heavy atom. The molecule has 0 saturated heterocycles. The zero-order chi connectivity index (χ0) is 14.8. The Bertz CT molecular complexity index is 517. The van der Waals surface area contributed by atoms with E-state index >= 15 is 0 Å². The van der Waals surface area contributed by atoms with Crippen molar-refractivity contribution < 1.29 is 4.79 Å². The van der Waals surface area contributed by atoms with Crippen LogP contribution in [-0.4, -0.2) is 37.0 Å². The van der Waals surface area contributed by atoms with Crippen LogP contribution in [-0.2, 0) is 11.3 Å². The van der Waals surface area contributed by atoms with Gasteiger partial charge in [-0.3, -0.25) is 4.79 Å². The van der Waals surface area contributed by atoms with Gasteiger partial charge < -0.3 is 15.5 Å². The number of benzene rings is 1. The number of rotatable bonds is 2. The molecule has 21 heavy (non-hydrogen) atoms. The lowest BCUT2D eigenvalue weighted by molar-refractivity contribution is -0.119. The molecule has 1 aliphatic heterocycles. The van der Waals surface area contributed by atoms with Crippen LogP contribution >= 0.6 is 0 Å². The number of hydrogen-bond acceptors (Lipinski definition) is 3. The predicted octanol–water partition coefficient (Wildman–Crippen LogP) is 1.98. The van der Waals surface area contributed by atoms with E-state index in [0.29, 0.717) is 12.3 Å².